The molecular formula is C11H13ClF3N3O2. The van der Waals surface area contributed by atoms with E-state index >= 15 is 0 Å². The summed E-state index contributed by atoms with van der Waals surface area (Å²) in [5.74, 6) is -0.368. The summed E-state index contributed by atoms with van der Waals surface area (Å²) in [6.45, 7) is -2.01. The number of nitrogens with zero attached hydrogens (tertiary/aromatic N) is 2. The van der Waals surface area contributed by atoms with E-state index in [4.69, 9.17) is 27.6 Å². The Morgan fingerprint density at radius 3 is 2.55 bits per heavy atom. The second-order valence-corrected chi connectivity index (χ2v) is 4.34. The number of benzene rings is 1. The van der Waals surface area contributed by atoms with Crippen LogP contribution in [0, 0.1) is 0 Å². The molecular weight excluding hydrogens is 299 g/mol. The van der Waals surface area contributed by atoms with Crippen molar-refractivity contribution in [2.24, 2.45) is 10.9 Å². The van der Waals surface area contributed by atoms with Gasteiger partial charge in [0.1, 0.15) is 6.54 Å². The third-order valence-corrected chi connectivity index (χ3v) is 2.66. The van der Waals surface area contributed by atoms with E-state index in [1.807, 2.05) is 0 Å². The summed E-state index contributed by atoms with van der Waals surface area (Å²) in [5, 5.41) is 20.6. The lowest BCUT2D eigenvalue weighted by Gasteiger charge is -2.27. The number of aliphatic hydroxyl groups excluding tert-OH is 1. The van der Waals surface area contributed by atoms with Crippen LogP contribution in [0.15, 0.2) is 23.4 Å². The Morgan fingerprint density at radius 1 is 1.40 bits per heavy atom. The monoisotopic (exact) mass is 311 g/mol. The van der Waals surface area contributed by atoms with Crippen molar-refractivity contribution in [3.8, 4) is 0 Å². The predicted octanol–water partition coefficient (Wildman–Crippen LogP) is 1.80. The average Bonchev–Trinajstić information content (AvgIpc) is 2.35. The molecule has 0 unspecified atom stereocenters. The van der Waals surface area contributed by atoms with Gasteiger partial charge in [-0.05, 0) is 18.2 Å². The molecule has 20 heavy (non-hydrogen) atoms. The number of hydrogen-bond donors (Lipinski definition) is 3. The first-order chi connectivity index (χ1) is 9.28. The molecule has 4 N–H and O–H groups in total. The third kappa shape index (κ3) is 4.46. The Hall–Kier alpha value is -1.67. The molecule has 5 nitrogen and oxygen atoms in total. The molecule has 0 bridgehead atoms. The lowest BCUT2D eigenvalue weighted by atomic mass is 10.1. The fourth-order valence-electron chi connectivity index (χ4n) is 1.66. The largest absolute Gasteiger partial charge is 0.409 e. The molecule has 0 atom stereocenters. The van der Waals surface area contributed by atoms with E-state index < -0.39 is 19.3 Å². The fraction of sp³-hybridized carbons (Fsp3) is 0.364. The molecule has 0 spiro atoms. The van der Waals surface area contributed by atoms with Gasteiger partial charge in [0.2, 0.25) is 0 Å². The second-order valence-electron chi connectivity index (χ2n) is 3.91. The summed E-state index contributed by atoms with van der Waals surface area (Å²) in [5.41, 5.74) is 5.55. The summed E-state index contributed by atoms with van der Waals surface area (Å²) in [7, 11) is 0. The maximum absolute atomic E-state index is 12.5. The number of aliphatic hydroxyl groups is 1. The van der Waals surface area contributed by atoms with Crippen molar-refractivity contribution < 1.29 is 23.5 Å². The third-order valence-electron chi connectivity index (χ3n) is 2.42. The highest BCUT2D eigenvalue weighted by Crippen LogP contribution is 2.27. The molecule has 0 aliphatic carbocycles. The lowest BCUT2D eigenvalue weighted by molar-refractivity contribution is -0.119. The van der Waals surface area contributed by atoms with E-state index in [2.05, 4.69) is 5.16 Å². The topological polar surface area (TPSA) is 82.1 Å². The van der Waals surface area contributed by atoms with Crippen LogP contribution in [-0.2, 0) is 0 Å². The van der Waals surface area contributed by atoms with Crippen molar-refractivity contribution in [3.63, 3.8) is 0 Å². The molecule has 9 heteroatoms. The SMILES string of the molecule is N/C(=N/O)c1cc(Cl)ccc1N(CCO)CC(F)(F)F. The zero-order chi connectivity index (χ0) is 15.3. The Morgan fingerprint density at radius 2 is 2.05 bits per heavy atom. The van der Waals surface area contributed by atoms with Gasteiger partial charge in [-0.1, -0.05) is 16.8 Å². The first-order valence-electron chi connectivity index (χ1n) is 5.48. The molecule has 0 saturated carbocycles. The maximum Gasteiger partial charge on any atom is 0.405 e. The number of alkyl halides is 3. The van der Waals surface area contributed by atoms with Crippen LogP contribution in [0.2, 0.25) is 5.02 Å². The van der Waals surface area contributed by atoms with Crippen molar-refractivity contribution in [1.29, 1.82) is 0 Å². The van der Waals surface area contributed by atoms with Crippen LogP contribution in [0.1, 0.15) is 5.56 Å². The molecule has 0 fully saturated rings. The van der Waals surface area contributed by atoms with Gasteiger partial charge in [0, 0.05) is 22.8 Å². The number of anilines is 1. The molecule has 0 radical (unpaired) electrons. The molecule has 0 aliphatic heterocycles. The van der Waals surface area contributed by atoms with E-state index in [1.165, 1.54) is 18.2 Å². The molecule has 112 valence electrons. The van der Waals surface area contributed by atoms with Gasteiger partial charge in [-0.2, -0.15) is 13.2 Å². The van der Waals surface area contributed by atoms with Crippen LogP contribution in [0.25, 0.3) is 0 Å². The van der Waals surface area contributed by atoms with E-state index in [1.54, 1.807) is 0 Å². The van der Waals surface area contributed by atoms with E-state index in [-0.39, 0.29) is 28.7 Å². The van der Waals surface area contributed by atoms with Gasteiger partial charge in [0.25, 0.3) is 0 Å². The molecule has 0 heterocycles. The summed E-state index contributed by atoms with van der Waals surface area (Å²) < 4.78 is 37.6. The van der Waals surface area contributed by atoms with Crippen LogP contribution in [0.5, 0.6) is 0 Å². The number of oxime groups is 1. The second kappa shape index (κ2) is 6.67. The lowest BCUT2D eigenvalue weighted by Crippen LogP contribution is -2.37. The minimum atomic E-state index is -4.46. The van der Waals surface area contributed by atoms with Crippen molar-refractivity contribution in [2.45, 2.75) is 6.18 Å². The van der Waals surface area contributed by atoms with Gasteiger partial charge >= 0.3 is 6.18 Å². The first-order valence-corrected chi connectivity index (χ1v) is 5.86. The number of rotatable bonds is 5. The number of halogens is 4. The molecule has 0 amide bonds. The van der Waals surface area contributed by atoms with Crippen molar-refractivity contribution >= 4 is 23.1 Å². The Labute approximate surface area is 118 Å². The summed E-state index contributed by atoms with van der Waals surface area (Å²) in [4.78, 5) is 0.879. The van der Waals surface area contributed by atoms with Crippen LogP contribution in [-0.4, -0.2) is 42.0 Å². The number of hydrogen-bond acceptors (Lipinski definition) is 4. The van der Waals surface area contributed by atoms with E-state index in [0.29, 0.717) is 0 Å². The number of nitrogens with two attached hydrogens (primary N) is 1. The van der Waals surface area contributed by atoms with Gasteiger partial charge in [-0.25, -0.2) is 0 Å². The van der Waals surface area contributed by atoms with Crippen LogP contribution in [0.3, 0.4) is 0 Å². The summed E-state index contributed by atoms with van der Waals surface area (Å²) in [6, 6.07) is 3.98. The standard InChI is InChI=1S/C11H13ClF3N3O2/c12-7-1-2-9(8(5-7)10(16)17-20)18(3-4-19)6-11(13,14)15/h1-2,5,19-20H,3-4,6H2,(H2,16,17). The minimum Gasteiger partial charge on any atom is -0.409 e. The van der Waals surface area contributed by atoms with Gasteiger partial charge in [0.15, 0.2) is 5.84 Å². The van der Waals surface area contributed by atoms with Crippen molar-refractivity contribution in [3.05, 3.63) is 28.8 Å². The highest BCUT2D eigenvalue weighted by atomic mass is 35.5. The molecule has 1 rings (SSSR count). The van der Waals surface area contributed by atoms with Crippen LogP contribution >= 0.6 is 11.6 Å². The van der Waals surface area contributed by atoms with Crippen molar-refractivity contribution in [1.82, 2.24) is 0 Å². The summed E-state index contributed by atoms with van der Waals surface area (Å²) in [6.07, 6.45) is -4.46. The zero-order valence-corrected chi connectivity index (χ0v) is 11.0. The Kier molecular flexibility index (Phi) is 5.46. The van der Waals surface area contributed by atoms with Crippen LogP contribution in [0.4, 0.5) is 18.9 Å². The van der Waals surface area contributed by atoms with Crippen LogP contribution < -0.4 is 10.6 Å². The average molecular weight is 312 g/mol. The highest BCUT2D eigenvalue weighted by molar-refractivity contribution is 6.31. The first kappa shape index (κ1) is 16.4. The Balaban J connectivity index is 3.25. The minimum absolute atomic E-state index is 0.0534. The van der Waals surface area contributed by atoms with Crippen molar-refractivity contribution in [2.75, 3.05) is 24.6 Å². The van der Waals surface area contributed by atoms with Gasteiger partial charge in [-0.15, -0.1) is 0 Å². The Bertz CT molecular complexity index is 494. The summed E-state index contributed by atoms with van der Waals surface area (Å²) >= 11 is 5.75. The van der Waals surface area contributed by atoms with E-state index in [9.17, 15) is 13.2 Å². The zero-order valence-electron chi connectivity index (χ0n) is 10.2. The quantitative estimate of drug-likeness (QED) is 0.335. The van der Waals surface area contributed by atoms with Gasteiger partial charge in [-0.3, -0.25) is 0 Å². The van der Waals surface area contributed by atoms with Gasteiger partial charge < -0.3 is 20.9 Å². The highest BCUT2D eigenvalue weighted by Gasteiger charge is 2.31. The normalized spacial score (nSPS) is 12.6. The number of amidine groups is 1. The smallest absolute Gasteiger partial charge is 0.405 e. The fourth-order valence-corrected chi connectivity index (χ4v) is 1.84. The maximum atomic E-state index is 12.5. The molecule has 0 aromatic heterocycles. The molecule has 0 saturated heterocycles. The predicted molar refractivity (Wildman–Crippen MR) is 69.3 cm³/mol. The molecule has 1 aromatic carbocycles. The molecule has 0 aliphatic rings. The van der Waals surface area contributed by atoms with E-state index in [0.717, 1.165) is 4.90 Å². The molecule has 1 aromatic rings. The van der Waals surface area contributed by atoms with Gasteiger partial charge in [0.05, 0.1) is 6.61 Å².